The van der Waals surface area contributed by atoms with Gasteiger partial charge in [-0.15, -0.1) is 0 Å². The Hall–Kier alpha value is -3.18. The average Bonchev–Trinajstić information content (AvgIpc) is 2.72. The van der Waals surface area contributed by atoms with E-state index in [0.29, 0.717) is 34.6 Å². The molecule has 0 atom stereocenters. The SMILES string of the molecule is CCOc1ccc(Oc2ccccc2NC(=O)COc2ccc(Cl)c(C)c2)cc1. The molecule has 29 heavy (non-hydrogen) atoms. The Morgan fingerprint density at radius 2 is 1.62 bits per heavy atom. The Kier molecular flexibility index (Phi) is 6.98. The number of ether oxygens (including phenoxy) is 3. The second-order valence-electron chi connectivity index (χ2n) is 6.25. The topological polar surface area (TPSA) is 56.8 Å². The summed E-state index contributed by atoms with van der Waals surface area (Å²) in [5, 5.41) is 3.47. The zero-order chi connectivity index (χ0) is 20.6. The summed E-state index contributed by atoms with van der Waals surface area (Å²) < 4.78 is 16.9. The molecule has 1 amide bonds. The van der Waals surface area contributed by atoms with Crippen molar-refractivity contribution >= 4 is 23.2 Å². The minimum Gasteiger partial charge on any atom is -0.494 e. The molecular formula is C23H22ClNO4. The van der Waals surface area contributed by atoms with Gasteiger partial charge in [0.05, 0.1) is 12.3 Å². The number of para-hydroxylation sites is 2. The highest BCUT2D eigenvalue weighted by Gasteiger charge is 2.10. The van der Waals surface area contributed by atoms with Gasteiger partial charge in [0.2, 0.25) is 0 Å². The number of amides is 1. The standard InChI is InChI=1S/C23H22ClNO4/c1-3-27-17-8-10-18(11-9-17)29-22-7-5-4-6-21(22)25-23(26)15-28-19-12-13-20(24)16(2)14-19/h4-14H,3,15H2,1-2H3,(H,25,26). The summed E-state index contributed by atoms with van der Waals surface area (Å²) in [6.07, 6.45) is 0. The quantitative estimate of drug-likeness (QED) is 0.504. The van der Waals surface area contributed by atoms with Crippen LogP contribution in [0, 0.1) is 6.92 Å². The summed E-state index contributed by atoms with van der Waals surface area (Å²) in [5.74, 6) is 2.24. The molecule has 0 aliphatic carbocycles. The molecule has 6 heteroatoms. The van der Waals surface area contributed by atoms with Gasteiger partial charge in [-0.2, -0.15) is 0 Å². The lowest BCUT2D eigenvalue weighted by Gasteiger charge is -2.13. The number of carbonyl (C=O) groups excluding carboxylic acids is 1. The molecule has 0 bridgehead atoms. The first-order chi connectivity index (χ1) is 14.0. The van der Waals surface area contributed by atoms with E-state index in [0.717, 1.165) is 11.3 Å². The summed E-state index contributed by atoms with van der Waals surface area (Å²) in [4.78, 5) is 12.3. The zero-order valence-electron chi connectivity index (χ0n) is 16.3. The van der Waals surface area contributed by atoms with Gasteiger partial charge in [0.1, 0.15) is 17.2 Å². The lowest BCUT2D eigenvalue weighted by Crippen LogP contribution is -2.20. The Balaban J connectivity index is 1.62. The molecule has 3 rings (SSSR count). The van der Waals surface area contributed by atoms with Crippen molar-refractivity contribution in [3.63, 3.8) is 0 Å². The molecule has 0 aromatic heterocycles. The third-order valence-electron chi connectivity index (χ3n) is 4.02. The van der Waals surface area contributed by atoms with Crippen molar-refractivity contribution in [1.29, 1.82) is 0 Å². The Morgan fingerprint density at radius 3 is 2.34 bits per heavy atom. The molecule has 0 heterocycles. The van der Waals surface area contributed by atoms with Gasteiger partial charge < -0.3 is 19.5 Å². The van der Waals surface area contributed by atoms with E-state index in [2.05, 4.69) is 5.32 Å². The van der Waals surface area contributed by atoms with Crippen LogP contribution in [0.3, 0.4) is 0 Å². The molecule has 3 aromatic rings. The van der Waals surface area contributed by atoms with Gasteiger partial charge in [0, 0.05) is 5.02 Å². The third-order valence-corrected chi connectivity index (χ3v) is 4.45. The molecule has 0 spiro atoms. The van der Waals surface area contributed by atoms with E-state index in [9.17, 15) is 4.79 Å². The lowest BCUT2D eigenvalue weighted by atomic mass is 10.2. The van der Waals surface area contributed by atoms with E-state index >= 15 is 0 Å². The zero-order valence-corrected chi connectivity index (χ0v) is 17.0. The van der Waals surface area contributed by atoms with Crippen molar-refractivity contribution < 1.29 is 19.0 Å². The van der Waals surface area contributed by atoms with Crippen molar-refractivity contribution in [2.75, 3.05) is 18.5 Å². The number of hydrogen-bond donors (Lipinski definition) is 1. The van der Waals surface area contributed by atoms with Gasteiger partial charge in [0.15, 0.2) is 12.4 Å². The van der Waals surface area contributed by atoms with Crippen LogP contribution in [0.5, 0.6) is 23.0 Å². The molecule has 3 aromatic carbocycles. The van der Waals surface area contributed by atoms with Gasteiger partial charge in [-0.25, -0.2) is 0 Å². The minimum atomic E-state index is -0.291. The number of aryl methyl sites for hydroxylation is 1. The number of halogens is 1. The molecule has 0 radical (unpaired) electrons. The molecular weight excluding hydrogens is 390 g/mol. The number of carbonyl (C=O) groups is 1. The van der Waals surface area contributed by atoms with Crippen molar-refractivity contribution in [2.45, 2.75) is 13.8 Å². The smallest absolute Gasteiger partial charge is 0.262 e. The highest BCUT2D eigenvalue weighted by atomic mass is 35.5. The first kappa shape index (κ1) is 20.6. The van der Waals surface area contributed by atoms with Crippen LogP contribution in [-0.4, -0.2) is 19.1 Å². The minimum absolute atomic E-state index is 0.127. The fraction of sp³-hybridized carbons (Fsp3) is 0.174. The van der Waals surface area contributed by atoms with Crippen LogP contribution < -0.4 is 19.5 Å². The van der Waals surface area contributed by atoms with Crippen LogP contribution in [0.15, 0.2) is 66.7 Å². The van der Waals surface area contributed by atoms with Crippen LogP contribution >= 0.6 is 11.6 Å². The van der Waals surface area contributed by atoms with Crippen LogP contribution in [0.2, 0.25) is 5.02 Å². The third kappa shape index (κ3) is 5.90. The van der Waals surface area contributed by atoms with Gasteiger partial charge in [0.25, 0.3) is 5.91 Å². The van der Waals surface area contributed by atoms with Crippen LogP contribution in [0.1, 0.15) is 12.5 Å². The highest BCUT2D eigenvalue weighted by Crippen LogP contribution is 2.30. The fourth-order valence-electron chi connectivity index (χ4n) is 2.60. The predicted molar refractivity (Wildman–Crippen MR) is 114 cm³/mol. The van der Waals surface area contributed by atoms with Crippen molar-refractivity contribution in [3.05, 3.63) is 77.3 Å². The van der Waals surface area contributed by atoms with Gasteiger partial charge in [-0.05, 0) is 74.0 Å². The molecule has 0 unspecified atom stereocenters. The number of rotatable bonds is 8. The van der Waals surface area contributed by atoms with E-state index in [1.54, 1.807) is 30.3 Å². The lowest BCUT2D eigenvalue weighted by molar-refractivity contribution is -0.118. The van der Waals surface area contributed by atoms with Gasteiger partial charge >= 0.3 is 0 Å². The monoisotopic (exact) mass is 411 g/mol. The van der Waals surface area contributed by atoms with Gasteiger partial charge in [-0.3, -0.25) is 4.79 Å². The maximum Gasteiger partial charge on any atom is 0.262 e. The van der Waals surface area contributed by atoms with E-state index in [1.165, 1.54) is 0 Å². The number of benzene rings is 3. The maximum atomic E-state index is 12.3. The molecule has 150 valence electrons. The first-order valence-corrected chi connectivity index (χ1v) is 9.61. The second kappa shape index (κ2) is 9.85. The number of hydrogen-bond acceptors (Lipinski definition) is 4. The fourth-order valence-corrected chi connectivity index (χ4v) is 2.72. The largest absolute Gasteiger partial charge is 0.494 e. The van der Waals surface area contributed by atoms with E-state index in [1.807, 2.05) is 50.2 Å². The molecule has 0 saturated heterocycles. The number of nitrogens with one attached hydrogen (secondary N) is 1. The van der Waals surface area contributed by atoms with E-state index in [-0.39, 0.29) is 12.5 Å². The van der Waals surface area contributed by atoms with Crippen molar-refractivity contribution in [1.82, 2.24) is 0 Å². The predicted octanol–water partition coefficient (Wildman–Crippen LogP) is 5.86. The normalized spacial score (nSPS) is 10.3. The molecule has 1 N–H and O–H groups in total. The molecule has 0 saturated carbocycles. The average molecular weight is 412 g/mol. The summed E-state index contributed by atoms with van der Waals surface area (Å²) in [6, 6.07) is 19.8. The Morgan fingerprint density at radius 1 is 0.931 bits per heavy atom. The van der Waals surface area contributed by atoms with E-state index in [4.69, 9.17) is 25.8 Å². The molecule has 0 aliphatic heterocycles. The Labute approximate surface area is 175 Å². The van der Waals surface area contributed by atoms with Crippen LogP contribution in [0.25, 0.3) is 0 Å². The first-order valence-electron chi connectivity index (χ1n) is 9.23. The molecule has 0 aliphatic rings. The summed E-state index contributed by atoms with van der Waals surface area (Å²) >= 11 is 6.00. The van der Waals surface area contributed by atoms with Gasteiger partial charge in [-0.1, -0.05) is 23.7 Å². The molecule has 5 nitrogen and oxygen atoms in total. The van der Waals surface area contributed by atoms with Crippen molar-refractivity contribution in [3.8, 4) is 23.0 Å². The van der Waals surface area contributed by atoms with Crippen molar-refractivity contribution in [2.24, 2.45) is 0 Å². The summed E-state index contributed by atoms with van der Waals surface area (Å²) in [7, 11) is 0. The van der Waals surface area contributed by atoms with Crippen LogP contribution in [-0.2, 0) is 4.79 Å². The van der Waals surface area contributed by atoms with E-state index < -0.39 is 0 Å². The summed E-state index contributed by atoms with van der Waals surface area (Å²) in [5.41, 5.74) is 1.45. The molecule has 0 fully saturated rings. The number of anilines is 1. The maximum absolute atomic E-state index is 12.3. The highest BCUT2D eigenvalue weighted by molar-refractivity contribution is 6.31. The summed E-state index contributed by atoms with van der Waals surface area (Å²) in [6.45, 7) is 4.29. The Bertz CT molecular complexity index is 973. The second-order valence-corrected chi connectivity index (χ2v) is 6.66. The van der Waals surface area contributed by atoms with Crippen LogP contribution in [0.4, 0.5) is 5.69 Å².